The number of nitrogens with zero attached hydrogens (tertiary/aromatic N) is 3. The molecule has 0 bridgehead atoms. The Bertz CT molecular complexity index is 615. The Hall–Kier alpha value is -1.02. The second-order valence-electron chi connectivity index (χ2n) is 8.15. The summed E-state index contributed by atoms with van der Waals surface area (Å²) in [5.74, 6) is 1.61. The molecule has 1 aromatic carbocycles. The van der Waals surface area contributed by atoms with Gasteiger partial charge < -0.3 is 20.4 Å². The van der Waals surface area contributed by atoms with E-state index in [1.54, 1.807) is 0 Å². The second-order valence-corrected chi connectivity index (χ2v) is 8.15. The van der Waals surface area contributed by atoms with Crippen LogP contribution in [0.5, 0.6) is 0 Å². The molecule has 3 rings (SSSR count). The van der Waals surface area contributed by atoms with Crippen molar-refractivity contribution in [1.29, 1.82) is 0 Å². The predicted octanol–water partition coefficient (Wildman–Crippen LogP) is 3.86. The summed E-state index contributed by atoms with van der Waals surface area (Å²) in [5.41, 5.74) is 2.67. The Morgan fingerprint density at radius 3 is 2.71 bits per heavy atom. The van der Waals surface area contributed by atoms with Crippen molar-refractivity contribution in [3.8, 4) is 0 Å². The summed E-state index contributed by atoms with van der Waals surface area (Å²) in [6, 6.07) is 9.21. The standard InChI is InChI=1S/C22H37N5.HI/c1-4-23-22(24-16-19-9-8-12-26(3)17-19)25-18(2)20-10-7-11-21(15-20)27-13-5-6-14-27;/h7,10-11,15,18-19H,4-6,8-9,12-14,16-17H2,1-3H3,(H2,23,24,25);1H. The van der Waals surface area contributed by atoms with Gasteiger partial charge in [-0.05, 0) is 76.7 Å². The van der Waals surface area contributed by atoms with Gasteiger partial charge >= 0.3 is 0 Å². The number of halogens is 1. The maximum atomic E-state index is 4.89. The summed E-state index contributed by atoms with van der Waals surface area (Å²) in [5, 5.41) is 7.03. The molecule has 2 heterocycles. The van der Waals surface area contributed by atoms with Crippen LogP contribution in [0.3, 0.4) is 0 Å². The number of rotatable bonds is 6. The quantitative estimate of drug-likeness (QED) is 0.355. The molecule has 0 spiro atoms. The zero-order valence-corrected chi connectivity index (χ0v) is 20.1. The first-order valence-corrected chi connectivity index (χ1v) is 10.7. The number of piperidine rings is 1. The molecule has 2 N–H and O–H groups in total. The molecule has 158 valence electrons. The highest BCUT2D eigenvalue weighted by Crippen LogP contribution is 2.24. The molecular weight excluding hydrogens is 461 g/mol. The monoisotopic (exact) mass is 499 g/mol. The van der Waals surface area contributed by atoms with E-state index in [-0.39, 0.29) is 30.0 Å². The average Bonchev–Trinajstić information content (AvgIpc) is 3.21. The van der Waals surface area contributed by atoms with Crippen LogP contribution < -0.4 is 15.5 Å². The van der Waals surface area contributed by atoms with E-state index >= 15 is 0 Å². The molecular formula is C22H38IN5. The summed E-state index contributed by atoms with van der Waals surface area (Å²) < 4.78 is 0. The van der Waals surface area contributed by atoms with Crippen LogP contribution in [0, 0.1) is 5.92 Å². The number of guanidine groups is 1. The van der Waals surface area contributed by atoms with Crippen molar-refractivity contribution < 1.29 is 0 Å². The van der Waals surface area contributed by atoms with E-state index in [2.05, 4.69) is 65.6 Å². The molecule has 2 fully saturated rings. The lowest BCUT2D eigenvalue weighted by atomic mass is 9.99. The van der Waals surface area contributed by atoms with E-state index in [1.165, 1.54) is 56.6 Å². The normalized spacial score (nSPS) is 21.9. The molecule has 2 aliphatic heterocycles. The maximum absolute atomic E-state index is 4.89. The molecule has 2 unspecified atom stereocenters. The third-order valence-electron chi connectivity index (χ3n) is 5.77. The molecule has 1 aromatic rings. The number of hydrogen-bond acceptors (Lipinski definition) is 3. The van der Waals surface area contributed by atoms with Crippen LogP contribution in [0.2, 0.25) is 0 Å². The highest BCUT2D eigenvalue weighted by Gasteiger charge is 2.18. The zero-order valence-electron chi connectivity index (χ0n) is 17.8. The van der Waals surface area contributed by atoms with E-state index < -0.39 is 0 Å². The lowest BCUT2D eigenvalue weighted by Crippen LogP contribution is -2.40. The van der Waals surface area contributed by atoms with Crippen molar-refractivity contribution in [3.05, 3.63) is 29.8 Å². The van der Waals surface area contributed by atoms with E-state index in [0.29, 0.717) is 5.92 Å². The predicted molar refractivity (Wildman–Crippen MR) is 131 cm³/mol. The number of benzene rings is 1. The number of likely N-dealkylation sites (tertiary alicyclic amines) is 1. The molecule has 28 heavy (non-hydrogen) atoms. The molecule has 0 aliphatic carbocycles. The Kier molecular flexibility index (Phi) is 9.85. The van der Waals surface area contributed by atoms with Gasteiger partial charge in [0.2, 0.25) is 0 Å². The van der Waals surface area contributed by atoms with Gasteiger partial charge in [0.25, 0.3) is 0 Å². The first-order valence-electron chi connectivity index (χ1n) is 10.7. The summed E-state index contributed by atoms with van der Waals surface area (Å²) in [7, 11) is 2.22. The fourth-order valence-electron chi connectivity index (χ4n) is 4.22. The Morgan fingerprint density at radius 1 is 1.21 bits per heavy atom. The smallest absolute Gasteiger partial charge is 0.191 e. The molecule has 2 aliphatic rings. The van der Waals surface area contributed by atoms with Gasteiger partial charge in [-0.15, -0.1) is 24.0 Å². The van der Waals surface area contributed by atoms with Crippen LogP contribution in [-0.4, -0.2) is 57.2 Å². The molecule has 0 saturated carbocycles. The fourth-order valence-corrected chi connectivity index (χ4v) is 4.22. The highest BCUT2D eigenvalue weighted by molar-refractivity contribution is 14.0. The summed E-state index contributed by atoms with van der Waals surface area (Å²) >= 11 is 0. The van der Waals surface area contributed by atoms with E-state index in [4.69, 9.17) is 4.99 Å². The zero-order chi connectivity index (χ0) is 19.1. The van der Waals surface area contributed by atoms with Gasteiger partial charge in [-0.1, -0.05) is 12.1 Å². The van der Waals surface area contributed by atoms with Crippen LogP contribution in [0.1, 0.15) is 51.1 Å². The van der Waals surface area contributed by atoms with E-state index in [9.17, 15) is 0 Å². The van der Waals surface area contributed by atoms with Gasteiger partial charge in [0.15, 0.2) is 5.96 Å². The average molecular weight is 499 g/mol. The number of hydrogen-bond donors (Lipinski definition) is 2. The van der Waals surface area contributed by atoms with Crippen LogP contribution in [0.4, 0.5) is 5.69 Å². The fraction of sp³-hybridized carbons (Fsp3) is 0.682. The Balaban J connectivity index is 0.00000280. The van der Waals surface area contributed by atoms with Crippen molar-refractivity contribution in [2.75, 3.05) is 51.2 Å². The van der Waals surface area contributed by atoms with E-state index in [1.807, 2.05) is 0 Å². The first-order chi connectivity index (χ1) is 13.2. The molecule has 2 atom stereocenters. The van der Waals surface area contributed by atoms with Crippen molar-refractivity contribution in [2.45, 2.75) is 45.6 Å². The van der Waals surface area contributed by atoms with Crippen LogP contribution in [0.15, 0.2) is 29.3 Å². The molecule has 5 nitrogen and oxygen atoms in total. The lowest BCUT2D eigenvalue weighted by Gasteiger charge is -2.29. The van der Waals surface area contributed by atoms with Gasteiger partial charge in [-0.2, -0.15) is 0 Å². The van der Waals surface area contributed by atoms with E-state index in [0.717, 1.165) is 25.6 Å². The maximum Gasteiger partial charge on any atom is 0.191 e. The summed E-state index contributed by atoms with van der Waals surface area (Å²) in [6.07, 6.45) is 5.21. The van der Waals surface area contributed by atoms with Gasteiger partial charge in [-0.25, -0.2) is 0 Å². The van der Waals surface area contributed by atoms with Gasteiger partial charge in [0.1, 0.15) is 0 Å². The number of aliphatic imine (C=N–C) groups is 1. The highest BCUT2D eigenvalue weighted by atomic mass is 127. The van der Waals surface area contributed by atoms with Crippen molar-refractivity contribution in [2.24, 2.45) is 10.9 Å². The molecule has 0 aromatic heterocycles. The summed E-state index contributed by atoms with van der Waals surface area (Å²) in [4.78, 5) is 9.82. The Labute approximate surface area is 188 Å². The third kappa shape index (κ3) is 6.79. The first kappa shape index (κ1) is 23.3. The molecule has 0 radical (unpaired) electrons. The minimum absolute atomic E-state index is 0. The van der Waals surface area contributed by atoms with Crippen LogP contribution in [-0.2, 0) is 0 Å². The molecule has 6 heteroatoms. The van der Waals surface area contributed by atoms with Gasteiger partial charge in [0.05, 0.1) is 6.04 Å². The van der Waals surface area contributed by atoms with Crippen LogP contribution >= 0.6 is 24.0 Å². The topological polar surface area (TPSA) is 42.9 Å². The minimum Gasteiger partial charge on any atom is -0.372 e. The van der Waals surface area contributed by atoms with Gasteiger partial charge in [0, 0.05) is 38.4 Å². The van der Waals surface area contributed by atoms with Crippen molar-refractivity contribution in [3.63, 3.8) is 0 Å². The third-order valence-corrected chi connectivity index (χ3v) is 5.77. The minimum atomic E-state index is 0. The lowest BCUT2D eigenvalue weighted by molar-refractivity contribution is 0.214. The SMILES string of the molecule is CCNC(=NCC1CCCN(C)C1)NC(C)c1cccc(N2CCCC2)c1.I. The molecule has 2 saturated heterocycles. The van der Waals surface area contributed by atoms with Gasteiger partial charge in [-0.3, -0.25) is 4.99 Å². The Morgan fingerprint density at radius 2 is 2.00 bits per heavy atom. The number of anilines is 1. The largest absolute Gasteiger partial charge is 0.372 e. The van der Waals surface area contributed by atoms with Crippen molar-refractivity contribution in [1.82, 2.24) is 15.5 Å². The second kappa shape index (κ2) is 11.9. The number of nitrogens with one attached hydrogen (secondary N) is 2. The van der Waals surface area contributed by atoms with Crippen molar-refractivity contribution >= 4 is 35.6 Å². The van der Waals surface area contributed by atoms with Crippen LogP contribution in [0.25, 0.3) is 0 Å². The summed E-state index contributed by atoms with van der Waals surface area (Å²) in [6.45, 7) is 10.9. The molecule has 0 amide bonds.